The Bertz CT molecular complexity index is 724. The van der Waals surface area contributed by atoms with E-state index in [1.807, 2.05) is 30.3 Å². The molecule has 2 unspecified atom stereocenters. The van der Waals surface area contributed by atoms with Crippen molar-refractivity contribution >= 4 is 11.9 Å². The lowest BCUT2D eigenvalue weighted by atomic mass is 10.0. The molecule has 0 saturated carbocycles. The van der Waals surface area contributed by atoms with E-state index < -0.39 is 12.1 Å². The Morgan fingerprint density at radius 1 is 1.17 bits per heavy atom. The monoisotopic (exact) mass is 329 g/mol. The maximum Gasteiger partial charge on any atom is 0.371 e. The van der Waals surface area contributed by atoms with Crippen LogP contribution in [0.1, 0.15) is 52.0 Å². The van der Waals surface area contributed by atoms with Crippen LogP contribution in [-0.2, 0) is 0 Å². The van der Waals surface area contributed by atoms with Gasteiger partial charge in [-0.25, -0.2) is 4.79 Å². The average molecular weight is 329 g/mol. The largest absolute Gasteiger partial charge is 0.475 e. The van der Waals surface area contributed by atoms with Gasteiger partial charge in [0.25, 0.3) is 5.91 Å². The normalized spacial score (nSPS) is 18.5. The number of aromatic carboxylic acids is 1. The molecule has 3 rings (SSSR count). The first-order chi connectivity index (χ1) is 11.6. The van der Waals surface area contributed by atoms with Gasteiger partial charge in [0.1, 0.15) is 0 Å². The first-order valence-electron chi connectivity index (χ1n) is 7.93. The lowest BCUT2D eigenvalue weighted by molar-refractivity contribution is 0.0618. The van der Waals surface area contributed by atoms with Crippen molar-refractivity contribution in [1.82, 2.24) is 4.90 Å². The molecule has 1 amide bonds. The van der Waals surface area contributed by atoms with Crippen molar-refractivity contribution in [1.29, 1.82) is 0 Å². The van der Waals surface area contributed by atoms with Crippen LogP contribution in [0.3, 0.4) is 0 Å². The Balaban J connectivity index is 1.70. The van der Waals surface area contributed by atoms with Gasteiger partial charge in [0.05, 0.1) is 6.10 Å². The van der Waals surface area contributed by atoms with Crippen LogP contribution in [0.15, 0.2) is 46.9 Å². The number of carbonyl (C=O) groups excluding carboxylic acids is 1. The first kappa shape index (κ1) is 16.3. The maximum absolute atomic E-state index is 12.6. The summed E-state index contributed by atoms with van der Waals surface area (Å²) in [6.45, 7) is 0.577. The van der Waals surface area contributed by atoms with E-state index in [2.05, 4.69) is 0 Å². The first-order valence-corrected chi connectivity index (χ1v) is 7.93. The molecule has 0 aliphatic carbocycles. The number of benzene rings is 1. The molecule has 0 bridgehead atoms. The van der Waals surface area contributed by atoms with E-state index in [0.29, 0.717) is 13.0 Å². The van der Waals surface area contributed by atoms with Gasteiger partial charge in [-0.15, -0.1) is 0 Å². The molecule has 126 valence electrons. The molecule has 6 nitrogen and oxygen atoms in total. The maximum atomic E-state index is 12.6. The van der Waals surface area contributed by atoms with Gasteiger partial charge in [-0.2, -0.15) is 0 Å². The number of hydrogen-bond donors (Lipinski definition) is 2. The number of likely N-dealkylation sites (tertiary alicyclic amines) is 1. The number of nitrogens with zero attached hydrogens (tertiary/aromatic N) is 1. The quantitative estimate of drug-likeness (QED) is 0.880. The van der Waals surface area contributed by atoms with Crippen LogP contribution in [0.4, 0.5) is 0 Å². The van der Waals surface area contributed by atoms with E-state index in [0.717, 1.165) is 18.4 Å². The van der Waals surface area contributed by atoms with Gasteiger partial charge in [0, 0.05) is 12.6 Å². The molecule has 1 saturated heterocycles. The molecular weight excluding hydrogens is 310 g/mol. The van der Waals surface area contributed by atoms with E-state index >= 15 is 0 Å². The van der Waals surface area contributed by atoms with Crippen LogP contribution in [-0.4, -0.2) is 39.6 Å². The molecule has 1 aliphatic rings. The predicted octanol–water partition coefficient (Wildman–Crippen LogP) is 2.71. The van der Waals surface area contributed by atoms with Crippen molar-refractivity contribution in [3.63, 3.8) is 0 Å². The van der Waals surface area contributed by atoms with Crippen LogP contribution in [0.25, 0.3) is 0 Å². The summed E-state index contributed by atoms with van der Waals surface area (Å²) in [5.74, 6) is -1.76. The van der Waals surface area contributed by atoms with E-state index in [1.54, 1.807) is 4.90 Å². The fraction of sp³-hybridized carbons (Fsp3) is 0.333. The second-order valence-electron chi connectivity index (χ2n) is 5.93. The van der Waals surface area contributed by atoms with Crippen molar-refractivity contribution < 1.29 is 24.2 Å². The minimum Gasteiger partial charge on any atom is -0.475 e. The molecular formula is C18H19NO5. The molecule has 0 radical (unpaired) electrons. The molecule has 1 aromatic heterocycles. The minimum atomic E-state index is -1.20. The van der Waals surface area contributed by atoms with Crippen LogP contribution < -0.4 is 0 Å². The number of aliphatic hydroxyl groups is 1. The van der Waals surface area contributed by atoms with Gasteiger partial charge in [0.15, 0.2) is 5.76 Å². The van der Waals surface area contributed by atoms with Crippen LogP contribution >= 0.6 is 0 Å². The summed E-state index contributed by atoms with van der Waals surface area (Å²) in [5.41, 5.74) is 0.822. The summed E-state index contributed by atoms with van der Waals surface area (Å²) in [4.78, 5) is 25.1. The molecule has 2 heterocycles. The highest BCUT2D eigenvalue weighted by Crippen LogP contribution is 2.28. The van der Waals surface area contributed by atoms with E-state index in [1.165, 1.54) is 12.1 Å². The summed E-state index contributed by atoms with van der Waals surface area (Å²) in [6.07, 6.45) is 1.46. The van der Waals surface area contributed by atoms with E-state index in [9.17, 15) is 14.7 Å². The second kappa shape index (κ2) is 6.88. The van der Waals surface area contributed by atoms with Crippen molar-refractivity contribution in [2.75, 3.05) is 6.54 Å². The van der Waals surface area contributed by atoms with Gasteiger partial charge in [-0.05, 0) is 37.0 Å². The Labute approximate surface area is 139 Å². The lowest BCUT2D eigenvalue weighted by Gasteiger charge is -2.26. The number of furan rings is 1. The van der Waals surface area contributed by atoms with Crippen molar-refractivity contribution in [3.05, 3.63) is 59.5 Å². The third-order valence-electron chi connectivity index (χ3n) is 4.35. The summed E-state index contributed by atoms with van der Waals surface area (Å²) in [6, 6.07) is 11.9. The Kier molecular flexibility index (Phi) is 4.66. The second-order valence-corrected chi connectivity index (χ2v) is 5.93. The molecule has 6 heteroatoms. The van der Waals surface area contributed by atoms with Gasteiger partial charge in [-0.1, -0.05) is 30.3 Å². The Hall–Kier alpha value is -2.60. The molecule has 2 atom stereocenters. The van der Waals surface area contributed by atoms with Crippen LogP contribution in [0.2, 0.25) is 0 Å². The van der Waals surface area contributed by atoms with Crippen LogP contribution in [0.5, 0.6) is 0 Å². The molecule has 2 aromatic rings. The highest BCUT2D eigenvalue weighted by Gasteiger charge is 2.32. The molecule has 1 fully saturated rings. The highest BCUT2D eigenvalue weighted by molar-refractivity contribution is 5.93. The van der Waals surface area contributed by atoms with Gasteiger partial charge in [-0.3, -0.25) is 4.79 Å². The predicted molar refractivity (Wildman–Crippen MR) is 85.7 cm³/mol. The van der Waals surface area contributed by atoms with Crippen molar-refractivity contribution in [2.24, 2.45) is 0 Å². The van der Waals surface area contributed by atoms with Gasteiger partial charge in [0.2, 0.25) is 5.76 Å². The molecule has 1 aromatic carbocycles. The number of hydrogen-bond acceptors (Lipinski definition) is 4. The van der Waals surface area contributed by atoms with Crippen molar-refractivity contribution in [3.8, 4) is 0 Å². The number of aliphatic hydroxyl groups excluding tert-OH is 1. The fourth-order valence-electron chi connectivity index (χ4n) is 3.13. The fourth-order valence-corrected chi connectivity index (χ4v) is 3.13. The van der Waals surface area contributed by atoms with Crippen molar-refractivity contribution in [2.45, 2.75) is 31.4 Å². The summed E-state index contributed by atoms with van der Waals surface area (Å²) in [7, 11) is 0. The minimum absolute atomic E-state index is 0.0218. The molecule has 1 aliphatic heterocycles. The average Bonchev–Trinajstić information content (AvgIpc) is 3.24. The number of carboxylic acids is 1. The zero-order chi connectivity index (χ0) is 17.1. The number of carbonyl (C=O) groups is 2. The van der Waals surface area contributed by atoms with Gasteiger partial charge < -0.3 is 19.5 Å². The molecule has 24 heavy (non-hydrogen) atoms. The van der Waals surface area contributed by atoms with E-state index in [4.69, 9.17) is 9.52 Å². The topological polar surface area (TPSA) is 91.0 Å². The lowest BCUT2D eigenvalue weighted by Crippen LogP contribution is -2.36. The SMILES string of the molecule is O=C(O)c1ccc(C(=O)N2CCCC2CC(O)c2ccccc2)o1. The summed E-state index contributed by atoms with van der Waals surface area (Å²) >= 11 is 0. The standard InChI is InChI=1S/C18H19NO5/c20-14(12-5-2-1-3-6-12)11-13-7-4-10-19(13)17(21)15-8-9-16(24-15)18(22)23/h1-3,5-6,8-9,13-14,20H,4,7,10-11H2,(H,22,23). The van der Waals surface area contributed by atoms with Crippen LogP contribution in [0, 0.1) is 0 Å². The Morgan fingerprint density at radius 2 is 1.88 bits per heavy atom. The number of carboxylic acid groups (broad SMARTS) is 1. The highest BCUT2D eigenvalue weighted by atomic mass is 16.4. The van der Waals surface area contributed by atoms with E-state index in [-0.39, 0.29) is 23.5 Å². The number of rotatable bonds is 5. The number of amides is 1. The molecule has 2 N–H and O–H groups in total. The summed E-state index contributed by atoms with van der Waals surface area (Å²) in [5, 5.41) is 19.3. The smallest absolute Gasteiger partial charge is 0.371 e. The zero-order valence-corrected chi connectivity index (χ0v) is 13.1. The summed E-state index contributed by atoms with van der Waals surface area (Å²) < 4.78 is 5.10. The Morgan fingerprint density at radius 3 is 2.54 bits per heavy atom. The third kappa shape index (κ3) is 3.33. The van der Waals surface area contributed by atoms with Gasteiger partial charge >= 0.3 is 5.97 Å². The third-order valence-corrected chi connectivity index (χ3v) is 4.35. The zero-order valence-electron chi connectivity index (χ0n) is 13.1. The molecule has 0 spiro atoms.